The highest BCUT2D eigenvalue weighted by molar-refractivity contribution is 9.10. The number of benzene rings is 1. The molecular weight excluding hydrogens is 372 g/mol. The normalized spacial score (nSPS) is 10.5. The minimum Gasteiger partial charge on any atom is -0.349 e. The first-order valence-corrected chi connectivity index (χ1v) is 8.22. The van der Waals surface area contributed by atoms with E-state index in [1.54, 1.807) is 30.3 Å². The summed E-state index contributed by atoms with van der Waals surface area (Å²) in [5.41, 5.74) is 1.07. The second-order valence-electron chi connectivity index (χ2n) is 5.43. The number of hydrogen-bond donors (Lipinski definition) is 2. The predicted molar refractivity (Wildman–Crippen MR) is 97.2 cm³/mol. The highest BCUT2D eigenvalue weighted by atomic mass is 79.9. The molecule has 0 saturated heterocycles. The van der Waals surface area contributed by atoms with Crippen LogP contribution < -0.4 is 10.6 Å². The van der Waals surface area contributed by atoms with Crippen LogP contribution in [0.5, 0.6) is 0 Å². The molecule has 0 radical (unpaired) electrons. The van der Waals surface area contributed by atoms with E-state index in [0.29, 0.717) is 12.2 Å². The van der Waals surface area contributed by atoms with Gasteiger partial charge in [-0.15, -0.1) is 0 Å². The molecule has 0 aliphatic carbocycles. The van der Waals surface area contributed by atoms with Gasteiger partial charge in [0.05, 0.1) is 0 Å². The average Bonchev–Trinajstić information content (AvgIpc) is 2.56. The van der Waals surface area contributed by atoms with Crippen molar-refractivity contribution < 1.29 is 9.59 Å². The number of pyridine rings is 1. The molecule has 24 heavy (non-hydrogen) atoms. The summed E-state index contributed by atoms with van der Waals surface area (Å²) >= 11 is 3.34. The largest absolute Gasteiger partial charge is 0.349 e. The molecule has 0 bridgehead atoms. The average molecular weight is 391 g/mol. The molecule has 0 spiro atoms. The predicted octanol–water partition coefficient (Wildman–Crippen LogP) is 2.39. The Balaban J connectivity index is 2.02. The lowest BCUT2D eigenvalue weighted by atomic mass is 10.2. The third kappa shape index (κ3) is 5.43. The fourth-order valence-electron chi connectivity index (χ4n) is 1.90. The summed E-state index contributed by atoms with van der Waals surface area (Å²) in [5.74, 6) is -0.657. The molecule has 1 heterocycles. The molecule has 0 saturated carbocycles. The van der Waals surface area contributed by atoms with Crippen molar-refractivity contribution in [1.82, 2.24) is 15.2 Å². The summed E-state index contributed by atoms with van der Waals surface area (Å²) in [5, 5.41) is 5.52. The maximum Gasteiger partial charge on any atom is 0.274 e. The zero-order chi connectivity index (χ0) is 17.5. The lowest BCUT2D eigenvalue weighted by Gasteiger charge is -2.10. The van der Waals surface area contributed by atoms with Crippen molar-refractivity contribution in [2.75, 3.05) is 32.5 Å². The van der Waals surface area contributed by atoms with Gasteiger partial charge in [0.25, 0.3) is 11.8 Å². The highest BCUT2D eigenvalue weighted by Gasteiger charge is 2.12. The van der Waals surface area contributed by atoms with Crippen LogP contribution in [0.3, 0.4) is 0 Å². The second kappa shape index (κ2) is 8.56. The number of amides is 2. The smallest absolute Gasteiger partial charge is 0.274 e. The number of anilines is 1. The molecule has 7 heteroatoms. The standard InChI is InChI=1S/C17H19BrN4O2/c1-22(2)11-10-19-16(23)14-4-3-5-15(21-14)17(24)20-13-8-6-12(18)7-9-13/h3-9H,10-11H2,1-2H3,(H,19,23)(H,20,24). The van der Waals surface area contributed by atoms with Crippen molar-refractivity contribution in [1.29, 1.82) is 0 Å². The van der Waals surface area contributed by atoms with Gasteiger partial charge in [0, 0.05) is 23.2 Å². The van der Waals surface area contributed by atoms with Crippen LogP contribution in [-0.2, 0) is 0 Å². The molecule has 6 nitrogen and oxygen atoms in total. The monoisotopic (exact) mass is 390 g/mol. The van der Waals surface area contributed by atoms with Crippen LogP contribution in [0.2, 0.25) is 0 Å². The molecular formula is C17H19BrN4O2. The van der Waals surface area contributed by atoms with Crippen LogP contribution in [0.15, 0.2) is 46.9 Å². The Bertz CT molecular complexity index is 717. The SMILES string of the molecule is CN(C)CCNC(=O)c1cccc(C(=O)Nc2ccc(Br)cc2)n1. The molecule has 2 rings (SSSR count). The van der Waals surface area contributed by atoms with Crippen molar-refractivity contribution in [3.05, 3.63) is 58.3 Å². The molecule has 0 aliphatic rings. The number of rotatable bonds is 6. The zero-order valence-electron chi connectivity index (χ0n) is 13.5. The first kappa shape index (κ1) is 18.1. The van der Waals surface area contributed by atoms with Crippen LogP contribution in [0, 0.1) is 0 Å². The summed E-state index contributed by atoms with van der Waals surface area (Å²) in [6.45, 7) is 1.25. The minimum atomic E-state index is -0.361. The van der Waals surface area contributed by atoms with Crippen LogP contribution in [0.4, 0.5) is 5.69 Å². The molecule has 2 N–H and O–H groups in total. The van der Waals surface area contributed by atoms with E-state index in [0.717, 1.165) is 11.0 Å². The second-order valence-corrected chi connectivity index (χ2v) is 6.34. The number of hydrogen-bond acceptors (Lipinski definition) is 4. The Morgan fingerprint density at radius 2 is 1.67 bits per heavy atom. The summed E-state index contributed by atoms with van der Waals surface area (Å²) in [6, 6.07) is 12.0. The van der Waals surface area contributed by atoms with Crippen molar-refractivity contribution >= 4 is 33.4 Å². The van der Waals surface area contributed by atoms with E-state index in [2.05, 4.69) is 31.5 Å². The number of carbonyl (C=O) groups is 2. The van der Waals surface area contributed by atoms with E-state index >= 15 is 0 Å². The fraction of sp³-hybridized carbons (Fsp3) is 0.235. The van der Waals surface area contributed by atoms with Crippen LogP contribution in [0.1, 0.15) is 21.0 Å². The van der Waals surface area contributed by atoms with Gasteiger partial charge in [-0.05, 0) is 50.5 Å². The van der Waals surface area contributed by atoms with Crippen molar-refractivity contribution in [3.8, 4) is 0 Å². The Morgan fingerprint density at radius 3 is 2.29 bits per heavy atom. The Hall–Kier alpha value is -2.25. The van der Waals surface area contributed by atoms with Gasteiger partial charge < -0.3 is 15.5 Å². The number of likely N-dealkylation sites (N-methyl/N-ethyl adjacent to an activating group) is 1. The van der Waals surface area contributed by atoms with E-state index < -0.39 is 0 Å². The number of nitrogens with one attached hydrogen (secondary N) is 2. The molecule has 126 valence electrons. The van der Waals surface area contributed by atoms with Crippen LogP contribution >= 0.6 is 15.9 Å². The van der Waals surface area contributed by atoms with Crippen molar-refractivity contribution in [2.45, 2.75) is 0 Å². The van der Waals surface area contributed by atoms with Gasteiger partial charge in [0.15, 0.2) is 0 Å². The Kier molecular flexibility index (Phi) is 6.45. The van der Waals surface area contributed by atoms with Gasteiger partial charge in [-0.2, -0.15) is 0 Å². The molecule has 0 unspecified atom stereocenters. The fourth-order valence-corrected chi connectivity index (χ4v) is 2.16. The van der Waals surface area contributed by atoms with E-state index in [4.69, 9.17) is 0 Å². The lowest BCUT2D eigenvalue weighted by molar-refractivity contribution is 0.0946. The van der Waals surface area contributed by atoms with Crippen LogP contribution in [0.25, 0.3) is 0 Å². The summed E-state index contributed by atoms with van der Waals surface area (Å²) in [4.78, 5) is 30.4. The van der Waals surface area contributed by atoms with Gasteiger partial charge in [0.1, 0.15) is 11.4 Å². The summed E-state index contributed by atoms with van der Waals surface area (Å²) in [6.07, 6.45) is 0. The van der Waals surface area contributed by atoms with Crippen molar-refractivity contribution in [3.63, 3.8) is 0 Å². The van der Waals surface area contributed by atoms with E-state index in [1.165, 1.54) is 0 Å². The third-order valence-corrected chi connectivity index (χ3v) is 3.69. The van der Waals surface area contributed by atoms with Gasteiger partial charge in [-0.25, -0.2) is 4.98 Å². The molecule has 0 fully saturated rings. The Morgan fingerprint density at radius 1 is 1.04 bits per heavy atom. The lowest BCUT2D eigenvalue weighted by Crippen LogP contribution is -2.32. The van der Waals surface area contributed by atoms with Gasteiger partial charge in [-0.3, -0.25) is 9.59 Å². The van der Waals surface area contributed by atoms with E-state index in [9.17, 15) is 9.59 Å². The topological polar surface area (TPSA) is 74.3 Å². The van der Waals surface area contributed by atoms with E-state index in [-0.39, 0.29) is 23.2 Å². The molecule has 2 aromatic rings. The zero-order valence-corrected chi connectivity index (χ0v) is 15.1. The van der Waals surface area contributed by atoms with Crippen molar-refractivity contribution in [2.24, 2.45) is 0 Å². The third-order valence-electron chi connectivity index (χ3n) is 3.16. The number of carbonyl (C=O) groups excluding carboxylic acids is 2. The maximum atomic E-state index is 12.3. The molecule has 2 amide bonds. The number of nitrogens with zero attached hydrogens (tertiary/aromatic N) is 2. The van der Waals surface area contributed by atoms with Gasteiger partial charge in [-0.1, -0.05) is 22.0 Å². The van der Waals surface area contributed by atoms with Gasteiger partial charge in [0.2, 0.25) is 0 Å². The first-order chi connectivity index (χ1) is 11.5. The number of halogens is 1. The first-order valence-electron chi connectivity index (χ1n) is 7.42. The Labute approximate surface area is 149 Å². The van der Waals surface area contributed by atoms with Gasteiger partial charge >= 0.3 is 0 Å². The maximum absolute atomic E-state index is 12.3. The van der Waals surface area contributed by atoms with Crippen LogP contribution in [-0.4, -0.2) is 48.9 Å². The van der Waals surface area contributed by atoms with E-state index in [1.807, 2.05) is 31.1 Å². The quantitative estimate of drug-likeness (QED) is 0.793. The summed E-state index contributed by atoms with van der Waals surface area (Å²) in [7, 11) is 3.86. The summed E-state index contributed by atoms with van der Waals surface area (Å²) < 4.78 is 0.926. The molecule has 1 aromatic carbocycles. The highest BCUT2D eigenvalue weighted by Crippen LogP contribution is 2.14. The minimum absolute atomic E-state index is 0.193. The molecule has 0 aliphatic heterocycles. The molecule has 0 atom stereocenters. The molecule has 1 aromatic heterocycles. The number of aromatic nitrogens is 1.